The number of ether oxygens (including phenoxy) is 1. The molecule has 0 bridgehead atoms. The molecule has 7 heteroatoms. The molecule has 1 aromatic heterocycles. The summed E-state index contributed by atoms with van der Waals surface area (Å²) in [6.45, 7) is -1.59. The van der Waals surface area contributed by atoms with Crippen molar-refractivity contribution in [2.75, 3.05) is 18.9 Å². The van der Waals surface area contributed by atoms with Crippen molar-refractivity contribution in [3.8, 4) is 0 Å². The summed E-state index contributed by atoms with van der Waals surface area (Å²) in [4.78, 5) is 15.3. The molecule has 0 atom stereocenters. The third-order valence-corrected chi connectivity index (χ3v) is 2.12. The van der Waals surface area contributed by atoms with Gasteiger partial charge >= 0.3 is 6.18 Å². The molecule has 0 unspecified atom stereocenters. The molecule has 4 nitrogen and oxygen atoms in total. The molecule has 1 aromatic rings. The smallest absolute Gasteiger partial charge is 0.398 e. The second kappa shape index (κ2) is 6.34. The van der Waals surface area contributed by atoms with Crippen LogP contribution in [0.25, 0.3) is 0 Å². The van der Waals surface area contributed by atoms with Crippen LogP contribution in [0.3, 0.4) is 0 Å². The second-order valence-corrected chi connectivity index (χ2v) is 3.71. The fourth-order valence-corrected chi connectivity index (χ4v) is 1.26. The first-order valence-electron chi connectivity index (χ1n) is 5.23. The van der Waals surface area contributed by atoms with Gasteiger partial charge in [-0.1, -0.05) is 0 Å². The van der Waals surface area contributed by atoms with Crippen molar-refractivity contribution in [3.63, 3.8) is 0 Å². The largest absolute Gasteiger partial charge is 0.411 e. The number of nitrogens with two attached hydrogens (primary N) is 1. The Bertz CT molecular complexity index is 408. The summed E-state index contributed by atoms with van der Waals surface area (Å²) in [6.07, 6.45) is -1.43. The van der Waals surface area contributed by atoms with Crippen LogP contribution in [-0.2, 0) is 16.0 Å². The zero-order chi connectivity index (χ0) is 13.6. The standard InChI is InChI=1S/C11H13F3N2O2/c12-11(13,14)7-18-4-2-9(17)5-8-6-16-3-1-10(8)15/h1,3,6H,2,4-5,7H2,(H2,15,16). The maximum Gasteiger partial charge on any atom is 0.411 e. The van der Waals surface area contributed by atoms with Crippen molar-refractivity contribution in [2.24, 2.45) is 0 Å². The molecule has 1 heterocycles. The number of aromatic nitrogens is 1. The molecular weight excluding hydrogens is 249 g/mol. The van der Waals surface area contributed by atoms with E-state index < -0.39 is 12.8 Å². The minimum Gasteiger partial charge on any atom is -0.398 e. The predicted octanol–water partition coefficient (Wildman–Crippen LogP) is 1.74. The number of carbonyl (C=O) groups excluding carboxylic acids is 1. The van der Waals surface area contributed by atoms with Crippen molar-refractivity contribution >= 4 is 11.5 Å². The van der Waals surface area contributed by atoms with E-state index in [2.05, 4.69) is 9.72 Å². The first kappa shape index (κ1) is 14.4. The molecular formula is C11H13F3N2O2. The molecule has 100 valence electrons. The van der Waals surface area contributed by atoms with Gasteiger partial charge in [0, 0.05) is 36.5 Å². The van der Waals surface area contributed by atoms with Crippen molar-refractivity contribution in [1.82, 2.24) is 4.98 Å². The predicted molar refractivity (Wildman–Crippen MR) is 58.9 cm³/mol. The van der Waals surface area contributed by atoms with Crippen molar-refractivity contribution in [2.45, 2.75) is 19.0 Å². The lowest BCUT2D eigenvalue weighted by Crippen LogP contribution is -2.18. The van der Waals surface area contributed by atoms with Crippen LogP contribution >= 0.6 is 0 Å². The zero-order valence-corrected chi connectivity index (χ0v) is 9.54. The van der Waals surface area contributed by atoms with Gasteiger partial charge in [-0.25, -0.2) is 0 Å². The lowest BCUT2D eigenvalue weighted by atomic mass is 10.1. The van der Waals surface area contributed by atoms with Gasteiger partial charge in [-0.3, -0.25) is 9.78 Å². The van der Waals surface area contributed by atoms with Crippen LogP contribution in [0, 0.1) is 0 Å². The summed E-state index contributed by atoms with van der Waals surface area (Å²) in [5.74, 6) is -0.239. The van der Waals surface area contributed by atoms with E-state index in [0.29, 0.717) is 11.3 Å². The van der Waals surface area contributed by atoms with E-state index in [4.69, 9.17) is 5.73 Å². The highest BCUT2D eigenvalue weighted by Crippen LogP contribution is 2.15. The van der Waals surface area contributed by atoms with Crippen LogP contribution in [0.15, 0.2) is 18.5 Å². The highest BCUT2D eigenvalue weighted by Gasteiger charge is 2.27. The number of hydrogen-bond donors (Lipinski definition) is 1. The van der Waals surface area contributed by atoms with Gasteiger partial charge in [-0.15, -0.1) is 0 Å². The van der Waals surface area contributed by atoms with E-state index in [-0.39, 0.29) is 25.2 Å². The fraction of sp³-hybridized carbons (Fsp3) is 0.455. The monoisotopic (exact) mass is 262 g/mol. The van der Waals surface area contributed by atoms with Crippen molar-refractivity contribution < 1.29 is 22.7 Å². The third-order valence-electron chi connectivity index (χ3n) is 2.12. The molecule has 0 fully saturated rings. The minimum atomic E-state index is -4.36. The second-order valence-electron chi connectivity index (χ2n) is 3.71. The highest BCUT2D eigenvalue weighted by molar-refractivity contribution is 5.82. The van der Waals surface area contributed by atoms with E-state index in [1.165, 1.54) is 12.4 Å². The van der Waals surface area contributed by atoms with Gasteiger partial charge in [0.25, 0.3) is 0 Å². The Morgan fingerprint density at radius 2 is 2.17 bits per heavy atom. The summed E-state index contributed by atoms with van der Waals surface area (Å²) in [7, 11) is 0. The van der Waals surface area contributed by atoms with Crippen LogP contribution in [0.5, 0.6) is 0 Å². The normalized spacial score (nSPS) is 11.5. The molecule has 0 saturated heterocycles. The molecule has 18 heavy (non-hydrogen) atoms. The Kier molecular flexibility index (Phi) is 5.08. The molecule has 0 aliphatic heterocycles. The number of nitrogen functional groups attached to an aromatic ring is 1. The summed E-state index contributed by atoms with van der Waals surface area (Å²) in [5.41, 5.74) is 6.62. The Hall–Kier alpha value is -1.63. The van der Waals surface area contributed by atoms with Crippen LogP contribution in [0.2, 0.25) is 0 Å². The summed E-state index contributed by atoms with van der Waals surface area (Å²) in [5, 5.41) is 0. The van der Waals surface area contributed by atoms with Crippen LogP contribution in [0.1, 0.15) is 12.0 Å². The van der Waals surface area contributed by atoms with E-state index in [0.717, 1.165) is 0 Å². The van der Waals surface area contributed by atoms with Crippen molar-refractivity contribution in [3.05, 3.63) is 24.0 Å². The van der Waals surface area contributed by atoms with Crippen LogP contribution in [0.4, 0.5) is 18.9 Å². The molecule has 0 saturated carbocycles. The average molecular weight is 262 g/mol. The topological polar surface area (TPSA) is 65.2 Å². The maximum atomic E-state index is 11.7. The Balaban J connectivity index is 2.29. The number of anilines is 1. The summed E-state index contributed by atoms with van der Waals surface area (Å²) < 4.78 is 39.6. The lowest BCUT2D eigenvalue weighted by Gasteiger charge is -2.07. The number of hydrogen-bond acceptors (Lipinski definition) is 4. The molecule has 0 radical (unpaired) electrons. The Labute approximate surface area is 102 Å². The first-order valence-corrected chi connectivity index (χ1v) is 5.23. The average Bonchev–Trinajstić information content (AvgIpc) is 2.26. The van der Waals surface area contributed by atoms with Crippen LogP contribution < -0.4 is 5.73 Å². The van der Waals surface area contributed by atoms with E-state index in [1.807, 2.05) is 0 Å². The van der Waals surface area contributed by atoms with Gasteiger partial charge in [-0.2, -0.15) is 13.2 Å². The van der Waals surface area contributed by atoms with Gasteiger partial charge in [0.2, 0.25) is 0 Å². The van der Waals surface area contributed by atoms with Gasteiger partial charge in [0.05, 0.1) is 6.61 Å². The number of halogens is 3. The molecule has 2 N–H and O–H groups in total. The van der Waals surface area contributed by atoms with Gasteiger partial charge in [-0.05, 0) is 6.07 Å². The van der Waals surface area contributed by atoms with E-state index >= 15 is 0 Å². The number of carbonyl (C=O) groups is 1. The maximum absolute atomic E-state index is 11.7. The first-order chi connectivity index (χ1) is 8.38. The SMILES string of the molecule is Nc1ccncc1CC(=O)CCOCC(F)(F)F. The number of rotatable bonds is 6. The molecule has 0 amide bonds. The molecule has 0 aliphatic carbocycles. The molecule has 0 aliphatic rings. The minimum absolute atomic E-state index is 0.0506. The Morgan fingerprint density at radius 3 is 2.78 bits per heavy atom. The summed E-state index contributed by atoms with van der Waals surface area (Å²) >= 11 is 0. The number of ketones is 1. The number of pyridine rings is 1. The van der Waals surface area contributed by atoms with Gasteiger partial charge in [0.15, 0.2) is 0 Å². The van der Waals surface area contributed by atoms with E-state index in [9.17, 15) is 18.0 Å². The molecule has 1 rings (SSSR count). The van der Waals surface area contributed by atoms with Crippen molar-refractivity contribution in [1.29, 1.82) is 0 Å². The summed E-state index contributed by atoms with van der Waals surface area (Å²) in [6, 6.07) is 1.56. The highest BCUT2D eigenvalue weighted by atomic mass is 19.4. The van der Waals surface area contributed by atoms with E-state index in [1.54, 1.807) is 6.07 Å². The number of nitrogens with zero attached hydrogens (tertiary/aromatic N) is 1. The third kappa shape index (κ3) is 5.62. The van der Waals surface area contributed by atoms with Gasteiger partial charge in [0.1, 0.15) is 12.4 Å². The zero-order valence-electron chi connectivity index (χ0n) is 9.54. The molecule has 0 spiro atoms. The fourth-order valence-electron chi connectivity index (χ4n) is 1.26. The number of alkyl halides is 3. The number of Topliss-reactive ketones (excluding diaryl/α,β-unsaturated/α-hetero) is 1. The molecule has 0 aromatic carbocycles. The quantitative estimate of drug-likeness (QED) is 0.793. The van der Waals surface area contributed by atoms with Crippen LogP contribution in [-0.4, -0.2) is 30.2 Å². The van der Waals surface area contributed by atoms with Gasteiger partial charge < -0.3 is 10.5 Å². The lowest BCUT2D eigenvalue weighted by molar-refractivity contribution is -0.174. The Morgan fingerprint density at radius 1 is 1.44 bits per heavy atom.